The van der Waals surface area contributed by atoms with Crippen molar-refractivity contribution >= 4 is 17.8 Å². The Morgan fingerprint density at radius 2 is 1.77 bits per heavy atom. The van der Waals surface area contributed by atoms with Crippen LogP contribution in [-0.2, 0) is 15.1 Å². The second-order valence-electron chi connectivity index (χ2n) is 9.32. The van der Waals surface area contributed by atoms with Crippen LogP contribution in [0.3, 0.4) is 0 Å². The van der Waals surface area contributed by atoms with Crippen LogP contribution in [0.2, 0.25) is 0 Å². The molecule has 0 aromatic heterocycles. The second kappa shape index (κ2) is 8.48. The van der Waals surface area contributed by atoms with Gasteiger partial charge in [0, 0.05) is 24.9 Å². The molecule has 0 saturated carbocycles. The fourth-order valence-corrected chi connectivity index (χ4v) is 5.54. The number of likely N-dealkylation sites (tertiary alicyclic amines) is 1. The molecule has 2 fully saturated rings. The van der Waals surface area contributed by atoms with Crippen LogP contribution in [0.1, 0.15) is 42.9 Å². The van der Waals surface area contributed by atoms with Crippen molar-refractivity contribution in [1.82, 2.24) is 15.1 Å². The van der Waals surface area contributed by atoms with Crippen LogP contribution in [0, 0.1) is 0 Å². The molecule has 9 nitrogen and oxygen atoms in total. The number of rotatable bonds is 3. The Morgan fingerprint density at radius 1 is 0.971 bits per heavy atom. The van der Waals surface area contributed by atoms with Crippen molar-refractivity contribution in [2.24, 2.45) is 0 Å². The number of benzene rings is 2. The molecule has 1 spiro atoms. The Kier molecular flexibility index (Phi) is 5.27. The molecule has 35 heavy (non-hydrogen) atoms. The number of para-hydroxylation sites is 1. The van der Waals surface area contributed by atoms with Crippen LogP contribution in [0.5, 0.6) is 17.2 Å². The lowest BCUT2D eigenvalue weighted by Gasteiger charge is -2.33. The average Bonchev–Trinajstić information content (AvgIpc) is 3.35. The molecule has 0 bridgehead atoms. The van der Waals surface area contributed by atoms with Crippen molar-refractivity contribution < 1.29 is 28.6 Å². The van der Waals surface area contributed by atoms with Gasteiger partial charge in [0.1, 0.15) is 12.3 Å². The molecule has 2 aromatic carbocycles. The van der Waals surface area contributed by atoms with E-state index in [1.165, 1.54) is 0 Å². The number of hydrogen-bond donors (Lipinski definition) is 1. The van der Waals surface area contributed by atoms with Gasteiger partial charge in [0.05, 0.1) is 25.9 Å². The molecule has 2 atom stereocenters. The largest absolute Gasteiger partial charge is 0.493 e. The van der Waals surface area contributed by atoms with E-state index in [0.29, 0.717) is 55.6 Å². The number of carbonyl (C=O) groups is 3. The van der Waals surface area contributed by atoms with Gasteiger partial charge in [0.25, 0.3) is 5.91 Å². The number of imide groups is 1. The molecule has 4 heterocycles. The minimum Gasteiger partial charge on any atom is -0.493 e. The fraction of sp³-hybridized carbons (Fsp3) is 0.423. The Bertz CT molecular complexity index is 1200. The number of hydrogen-bond acceptors (Lipinski definition) is 6. The van der Waals surface area contributed by atoms with Crippen LogP contribution < -0.4 is 19.5 Å². The summed E-state index contributed by atoms with van der Waals surface area (Å²) in [6.45, 7) is 1.79. The van der Waals surface area contributed by atoms with Gasteiger partial charge in [-0.25, -0.2) is 4.79 Å². The SMILES string of the molecule is O=C1N[C@]2(CCOc3ccccc32)C(=O)N1CC(=O)N1CCC[C@@H]1c1ccc2c(c1)OCCCO2. The zero-order valence-electron chi connectivity index (χ0n) is 19.3. The molecule has 0 aliphatic carbocycles. The van der Waals surface area contributed by atoms with Gasteiger partial charge in [-0.3, -0.25) is 14.5 Å². The predicted octanol–water partition coefficient (Wildman–Crippen LogP) is 2.74. The van der Waals surface area contributed by atoms with E-state index in [4.69, 9.17) is 14.2 Å². The third-order valence-corrected chi connectivity index (χ3v) is 7.28. The van der Waals surface area contributed by atoms with Crippen LogP contribution in [0.4, 0.5) is 4.79 Å². The van der Waals surface area contributed by atoms with E-state index >= 15 is 0 Å². The standard InChI is InChI=1S/C26H27N3O6/c30-23(28-11-3-6-19(28)17-8-9-21-22(15-17)34-13-4-12-33-21)16-29-24(31)26(27-25(29)32)10-14-35-20-7-2-1-5-18(20)26/h1-2,5,7-9,15,19H,3-4,6,10-14,16H2,(H,27,32)/t19-,26+/m1/s1. The number of amides is 4. The van der Waals surface area contributed by atoms with Crippen LogP contribution in [0.25, 0.3) is 0 Å². The van der Waals surface area contributed by atoms with Gasteiger partial charge >= 0.3 is 6.03 Å². The van der Waals surface area contributed by atoms with E-state index in [0.717, 1.165) is 29.7 Å². The number of carbonyl (C=O) groups excluding carboxylic acids is 3. The van der Waals surface area contributed by atoms with Crippen molar-refractivity contribution in [2.45, 2.75) is 37.3 Å². The van der Waals surface area contributed by atoms with Crippen molar-refractivity contribution in [2.75, 3.05) is 32.9 Å². The van der Waals surface area contributed by atoms with E-state index < -0.39 is 17.5 Å². The molecule has 0 unspecified atom stereocenters. The highest BCUT2D eigenvalue weighted by atomic mass is 16.5. The van der Waals surface area contributed by atoms with Crippen molar-refractivity contribution in [1.29, 1.82) is 0 Å². The third-order valence-electron chi connectivity index (χ3n) is 7.28. The first-order valence-electron chi connectivity index (χ1n) is 12.1. The smallest absolute Gasteiger partial charge is 0.325 e. The first-order chi connectivity index (χ1) is 17.1. The first kappa shape index (κ1) is 21.8. The molecule has 2 saturated heterocycles. The maximum Gasteiger partial charge on any atom is 0.325 e. The maximum absolute atomic E-state index is 13.5. The summed E-state index contributed by atoms with van der Waals surface area (Å²) >= 11 is 0. The van der Waals surface area contributed by atoms with Gasteiger partial charge in [-0.1, -0.05) is 24.3 Å². The summed E-state index contributed by atoms with van der Waals surface area (Å²) in [5, 5.41) is 2.86. The number of nitrogens with zero attached hydrogens (tertiary/aromatic N) is 2. The van der Waals surface area contributed by atoms with E-state index in [2.05, 4.69) is 5.32 Å². The van der Waals surface area contributed by atoms with Gasteiger partial charge in [-0.15, -0.1) is 0 Å². The lowest BCUT2D eigenvalue weighted by molar-refractivity contribution is -0.140. The molecule has 0 radical (unpaired) electrons. The third kappa shape index (κ3) is 3.57. The molecule has 4 aliphatic heterocycles. The van der Waals surface area contributed by atoms with Gasteiger partial charge in [0.2, 0.25) is 5.91 Å². The molecule has 2 aromatic rings. The minimum absolute atomic E-state index is 0.141. The summed E-state index contributed by atoms with van der Waals surface area (Å²) in [7, 11) is 0. The topological polar surface area (TPSA) is 97.4 Å². The summed E-state index contributed by atoms with van der Waals surface area (Å²) in [6.07, 6.45) is 2.80. The Labute approximate surface area is 202 Å². The van der Waals surface area contributed by atoms with Crippen LogP contribution in [-0.4, -0.2) is 60.6 Å². The monoisotopic (exact) mass is 477 g/mol. The predicted molar refractivity (Wildman–Crippen MR) is 124 cm³/mol. The summed E-state index contributed by atoms with van der Waals surface area (Å²) in [6, 6.07) is 12.3. The first-order valence-corrected chi connectivity index (χ1v) is 12.1. The van der Waals surface area contributed by atoms with E-state index in [1.807, 2.05) is 30.3 Å². The van der Waals surface area contributed by atoms with E-state index in [1.54, 1.807) is 17.0 Å². The fourth-order valence-electron chi connectivity index (χ4n) is 5.54. The molecular weight excluding hydrogens is 450 g/mol. The molecule has 6 rings (SSSR count). The molecular formula is C26H27N3O6. The lowest BCUT2D eigenvalue weighted by Crippen LogP contribution is -2.48. The van der Waals surface area contributed by atoms with Gasteiger partial charge in [-0.2, -0.15) is 0 Å². The van der Waals surface area contributed by atoms with Crippen LogP contribution >= 0.6 is 0 Å². The van der Waals surface area contributed by atoms with Crippen LogP contribution in [0.15, 0.2) is 42.5 Å². The Hall–Kier alpha value is -3.75. The maximum atomic E-state index is 13.5. The average molecular weight is 478 g/mol. The highest BCUT2D eigenvalue weighted by Gasteiger charge is 2.55. The second-order valence-corrected chi connectivity index (χ2v) is 9.32. The minimum atomic E-state index is -1.19. The zero-order valence-corrected chi connectivity index (χ0v) is 19.3. The van der Waals surface area contributed by atoms with Crippen molar-refractivity contribution in [3.63, 3.8) is 0 Å². The van der Waals surface area contributed by atoms with E-state index in [9.17, 15) is 14.4 Å². The number of ether oxygens (including phenoxy) is 3. The molecule has 182 valence electrons. The highest BCUT2D eigenvalue weighted by Crippen LogP contribution is 2.42. The zero-order chi connectivity index (χ0) is 24.0. The van der Waals surface area contributed by atoms with Crippen molar-refractivity contribution in [3.8, 4) is 17.2 Å². The molecule has 9 heteroatoms. The number of nitrogens with one attached hydrogen (secondary N) is 1. The van der Waals surface area contributed by atoms with Gasteiger partial charge < -0.3 is 24.4 Å². The normalized spacial score (nSPS) is 25.2. The van der Waals surface area contributed by atoms with E-state index in [-0.39, 0.29) is 18.5 Å². The molecule has 4 aliphatic rings. The molecule has 4 amide bonds. The lowest BCUT2D eigenvalue weighted by atomic mass is 9.84. The Balaban J connectivity index is 1.22. The Morgan fingerprint density at radius 3 is 2.66 bits per heavy atom. The summed E-state index contributed by atoms with van der Waals surface area (Å²) in [4.78, 5) is 42.7. The van der Waals surface area contributed by atoms with Crippen molar-refractivity contribution in [3.05, 3.63) is 53.6 Å². The van der Waals surface area contributed by atoms with Gasteiger partial charge in [-0.05, 0) is 36.6 Å². The van der Waals surface area contributed by atoms with Gasteiger partial charge in [0.15, 0.2) is 17.0 Å². The summed E-state index contributed by atoms with van der Waals surface area (Å²) < 4.78 is 17.2. The highest BCUT2D eigenvalue weighted by molar-refractivity contribution is 6.09. The number of urea groups is 1. The number of fused-ring (bicyclic) bond motifs is 3. The summed E-state index contributed by atoms with van der Waals surface area (Å²) in [5.74, 6) is 1.32. The quantitative estimate of drug-likeness (QED) is 0.683. The summed E-state index contributed by atoms with van der Waals surface area (Å²) in [5.41, 5.74) is 0.406. The molecule has 1 N–H and O–H groups in total.